The van der Waals surface area contributed by atoms with Crippen LogP contribution in [0.5, 0.6) is 0 Å². The first-order valence-corrected chi connectivity index (χ1v) is 8.73. The molecule has 1 unspecified atom stereocenters. The highest BCUT2D eigenvalue weighted by molar-refractivity contribution is 5.86. The lowest BCUT2D eigenvalue weighted by Crippen LogP contribution is -2.24. The van der Waals surface area contributed by atoms with Gasteiger partial charge in [0.25, 0.3) is 0 Å². The van der Waals surface area contributed by atoms with Gasteiger partial charge in [-0.1, -0.05) is 70.7 Å². The van der Waals surface area contributed by atoms with E-state index in [0.717, 1.165) is 5.22 Å². The van der Waals surface area contributed by atoms with Crippen molar-refractivity contribution < 1.29 is 0 Å². The van der Waals surface area contributed by atoms with Gasteiger partial charge < -0.3 is 0 Å². The van der Waals surface area contributed by atoms with Crippen molar-refractivity contribution in [2.75, 3.05) is 0 Å². The molecule has 0 bridgehead atoms. The van der Waals surface area contributed by atoms with Gasteiger partial charge in [0.05, 0.1) is 0 Å². The smallest absolute Gasteiger partial charge is 0.000166 e. The number of rotatable bonds is 1. The maximum atomic E-state index is 4.35. The second kappa shape index (κ2) is 5.08. The topological polar surface area (TPSA) is 0 Å². The molecule has 0 spiro atoms. The molecule has 0 heterocycles. The Morgan fingerprint density at radius 3 is 2.50 bits per heavy atom. The van der Waals surface area contributed by atoms with Crippen LogP contribution in [0.15, 0.2) is 54.1 Å². The van der Waals surface area contributed by atoms with E-state index in [4.69, 9.17) is 0 Å². The third-order valence-corrected chi connectivity index (χ3v) is 5.23. The molecule has 0 saturated carbocycles. The molecule has 0 nitrogen and oxygen atoms in total. The largest absolute Gasteiger partial charge is 0.0911 e. The predicted octanol–water partition coefficient (Wildman–Crippen LogP) is 4.91. The molecular weight excluding hydrogens is 288 g/mol. The van der Waals surface area contributed by atoms with Gasteiger partial charge in [-0.05, 0) is 67.5 Å². The van der Waals surface area contributed by atoms with Crippen molar-refractivity contribution in [2.24, 2.45) is 11.3 Å². The Morgan fingerprint density at radius 1 is 1.00 bits per heavy atom. The Kier molecular flexibility index (Phi) is 3.22. The third-order valence-electron chi connectivity index (χ3n) is 5.23. The predicted molar refractivity (Wildman–Crippen MR) is 105 cm³/mol. The molecule has 4 rings (SSSR count). The number of hydrogen-bond donors (Lipinski definition) is 0. The Balaban J connectivity index is 1.98. The fraction of sp³-hybridized carbons (Fsp3) is 0.250. The number of allylic oxidation sites excluding steroid dienone is 4. The van der Waals surface area contributed by atoms with E-state index < -0.39 is 0 Å². The van der Waals surface area contributed by atoms with E-state index in [0.29, 0.717) is 5.92 Å². The summed E-state index contributed by atoms with van der Waals surface area (Å²) in [6, 6.07) is 13.3. The Hall–Kier alpha value is -2.34. The van der Waals surface area contributed by atoms with E-state index in [9.17, 15) is 0 Å². The molecule has 0 heteroatoms. The van der Waals surface area contributed by atoms with Crippen LogP contribution in [0.4, 0.5) is 0 Å². The van der Waals surface area contributed by atoms with Gasteiger partial charge >= 0.3 is 0 Å². The van der Waals surface area contributed by atoms with E-state index in [1.54, 1.807) is 0 Å². The summed E-state index contributed by atoms with van der Waals surface area (Å²) in [4.78, 5) is 0. The first-order valence-electron chi connectivity index (χ1n) is 8.73. The molecule has 24 heavy (non-hydrogen) atoms. The highest BCUT2D eigenvalue weighted by Crippen LogP contribution is 2.42. The molecule has 0 saturated heterocycles. The quantitative estimate of drug-likeness (QED) is 0.599. The molecule has 2 aliphatic rings. The van der Waals surface area contributed by atoms with Gasteiger partial charge in [-0.3, -0.25) is 0 Å². The van der Waals surface area contributed by atoms with Crippen LogP contribution in [0.25, 0.3) is 29.4 Å². The van der Waals surface area contributed by atoms with Crippen LogP contribution in [-0.4, -0.2) is 0 Å². The van der Waals surface area contributed by atoms with Crippen molar-refractivity contribution in [1.82, 2.24) is 0 Å². The lowest BCUT2D eigenvalue weighted by atomic mass is 9.81. The minimum Gasteiger partial charge on any atom is -0.0911 e. The van der Waals surface area contributed by atoms with Crippen molar-refractivity contribution in [2.45, 2.75) is 27.7 Å². The molecule has 2 aromatic carbocycles. The molecule has 0 radical (unpaired) electrons. The summed E-state index contributed by atoms with van der Waals surface area (Å²) in [5.41, 5.74) is 8.34. The van der Waals surface area contributed by atoms with Gasteiger partial charge in [0.15, 0.2) is 0 Å². The van der Waals surface area contributed by atoms with Gasteiger partial charge in [0.2, 0.25) is 0 Å². The van der Waals surface area contributed by atoms with E-state index >= 15 is 0 Å². The van der Waals surface area contributed by atoms with E-state index in [-0.39, 0.29) is 5.41 Å². The van der Waals surface area contributed by atoms with Crippen LogP contribution in [0.3, 0.4) is 0 Å². The standard InChI is InChI=1S/C24H24/c1-15-10-11-22(24(3,4)5)23(15)18-12-16(2)20-13-17-8-6-7-9-19(17)21(20)14-18/h6-15H,2H2,1,3-5H3. The Labute approximate surface area is 144 Å². The fourth-order valence-corrected chi connectivity index (χ4v) is 4.03. The molecular formula is C24H24. The first kappa shape index (κ1) is 15.2. The highest BCUT2D eigenvalue weighted by Gasteiger charge is 2.27. The average Bonchev–Trinajstić information content (AvgIpc) is 3.08. The van der Waals surface area contributed by atoms with Gasteiger partial charge in [-0.15, -0.1) is 0 Å². The zero-order chi connectivity index (χ0) is 17.1. The molecule has 0 aromatic heterocycles. The maximum absolute atomic E-state index is 4.35. The molecule has 2 aromatic rings. The molecule has 0 N–H and O–H groups in total. The lowest BCUT2D eigenvalue weighted by molar-refractivity contribution is 0.519. The second-order valence-electron chi connectivity index (χ2n) is 8.05. The van der Waals surface area contributed by atoms with Crippen molar-refractivity contribution in [3.8, 4) is 11.1 Å². The second-order valence-corrected chi connectivity index (χ2v) is 8.05. The molecule has 120 valence electrons. The Morgan fingerprint density at radius 2 is 1.75 bits per heavy atom. The maximum Gasteiger partial charge on any atom is 0.000166 e. The third kappa shape index (κ3) is 2.21. The van der Waals surface area contributed by atoms with Gasteiger partial charge in [-0.2, -0.15) is 0 Å². The fourth-order valence-electron chi connectivity index (χ4n) is 4.03. The molecule has 0 aliphatic heterocycles. The minimum atomic E-state index is 0.154. The van der Waals surface area contributed by atoms with Crippen LogP contribution >= 0.6 is 0 Å². The summed E-state index contributed by atoms with van der Waals surface area (Å²) >= 11 is 0. The normalized spacial score (nSPS) is 18.6. The summed E-state index contributed by atoms with van der Waals surface area (Å²) in [6.07, 6.45) is 6.91. The van der Waals surface area contributed by atoms with E-state index in [2.05, 4.69) is 88.9 Å². The lowest BCUT2D eigenvalue weighted by Gasteiger charge is -2.23. The Bertz CT molecular complexity index is 1010. The molecule has 0 fully saturated rings. The zero-order valence-corrected chi connectivity index (χ0v) is 15.0. The van der Waals surface area contributed by atoms with Crippen LogP contribution in [0, 0.1) is 11.3 Å². The zero-order valence-electron chi connectivity index (χ0n) is 15.0. The van der Waals surface area contributed by atoms with Crippen LogP contribution in [-0.2, 0) is 0 Å². The summed E-state index contributed by atoms with van der Waals surface area (Å²) in [6.45, 7) is 13.5. The van der Waals surface area contributed by atoms with E-state index in [1.807, 2.05) is 0 Å². The monoisotopic (exact) mass is 312 g/mol. The van der Waals surface area contributed by atoms with E-state index in [1.165, 1.54) is 38.6 Å². The summed E-state index contributed by atoms with van der Waals surface area (Å²) in [5.74, 6) is 0.456. The molecule has 0 amide bonds. The van der Waals surface area contributed by atoms with Crippen molar-refractivity contribution in [3.05, 3.63) is 75.7 Å². The van der Waals surface area contributed by atoms with Crippen molar-refractivity contribution >= 4 is 18.2 Å². The van der Waals surface area contributed by atoms with Crippen molar-refractivity contribution in [3.63, 3.8) is 0 Å². The summed E-state index contributed by atoms with van der Waals surface area (Å²) < 4.78 is 0. The van der Waals surface area contributed by atoms with Crippen LogP contribution in [0.1, 0.15) is 38.8 Å². The highest BCUT2D eigenvalue weighted by atomic mass is 14.3. The van der Waals surface area contributed by atoms with Gasteiger partial charge in [0.1, 0.15) is 0 Å². The number of fused-ring (bicyclic) bond motifs is 3. The number of hydrogen-bond acceptors (Lipinski definition) is 0. The van der Waals surface area contributed by atoms with Crippen LogP contribution in [0.2, 0.25) is 0 Å². The minimum absolute atomic E-state index is 0.154. The molecule has 1 atom stereocenters. The van der Waals surface area contributed by atoms with Gasteiger partial charge in [0, 0.05) is 5.92 Å². The summed E-state index contributed by atoms with van der Waals surface area (Å²) in [5, 5.41) is 2.40. The van der Waals surface area contributed by atoms with Gasteiger partial charge in [-0.25, -0.2) is 0 Å². The van der Waals surface area contributed by atoms with Crippen molar-refractivity contribution in [1.29, 1.82) is 0 Å². The SMILES string of the molecule is C=c1cc(C2=C(C(C)(C)C)C=CC2C)cc2c1=Cc1ccccc1-2. The average molecular weight is 312 g/mol. The first-order chi connectivity index (χ1) is 11.4. The molecule has 2 aliphatic carbocycles. The summed E-state index contributed by atoms with van der Waals surface area (Å²) in [7, 11) is 0. The number of benzene rings is 2. The van der Waals surface area contributed by atoms with Crippen LogP contribution < -0.4 is 10.4 Å².